The zero-order chi connectivity index (χ0) is 17.7. The van der Waals surface area contributed by atoms with E-state index >= 15 is 0 Å². The second-order valence-corrected chi connectivity index (χ2v) is 5.19. The van der Waals surface area contributed by atoms with Crippen molar-refractivity contribution in [1.29, 1.82) is 0 Å². The minimum Gasteiger partial charge on any atom is -0.376 e. The molecule has 126 valence electrons. The molecule has 0 unspecified atom stereocenters. The van der Waals surface area contributed by atoms with Gasteiger partial charge in [0.05, 0.1) is 6.54 Å². The number of amides is 2. The fraction of sp³-hybridized carbons (Fsp3) is 0.176. The van der Waals surface area contributed by atoms with E-state index < -0.39 is 17.5 Å². The maximum Gasteiger partial charge on any atom is 0.243 e. The molecule has 7 heteroatoms. The van der Waals surface area contributed by atoms with Crippen LogP contribution in [0.1, 0.15) is 12.5 Å². The highest BCUT2D eigenvalue weighted by atomic mass is 19.2. The lowest BCUT2D eigenvalue weighted by atomic mass is 10.1. The number of anilines is 3. The molecule has 0 fully saturated rings. The van der Waals surface area contributed by atoms with Crippen LogP contribution < -0.4 is 16.0 Å². The molecule has 0 spiro atoms. The number of carbonyl (C=O) groups excluding carboxylic acids is 2. The molecule has 2 rings (SSSR count). The van der Waals surface area contributed by atoms with Gasteiger partial charge in [-0.1, -0.05) is 6.07 Å². The summed E-state index contributed by atoms with van der Waals surface area (Å²) < 4.78 is 26.0. The van der Waals surface area contributed by atoms with Crippen molar-refractivity contribution < 1.29 is 18.4 Å². The van der Waals surface area contributed by atoms with Crippen LogP contribution in [0, 0.1) is 18.6 Å². The summed E-state index contributed by atoms with van der Waals surface area (Å²) in [7, 11) is 0. The van der Waals surface area contributed by atoms with Gasteiger partial charge in [0.1, 0.15) is 0 Å². The lowest BCUT2D eigenvalue weighted by molar-refractivity contribution is -0.115. The van der Waals surface area contributed by atoms with Gasteiger partial charge in [-0.15, -0.1) is 0 Å². The van der Waals surface area contributed by atoms with Crippen LogP contribution in [-0.2, 0) is 9.59 Å². The fourth-order valence-electron chi connectivity index (χ4n) is 2.11. The average Bonchev–Trinajstić information content (AvgIpc) is 2.51. The third-order valence-corrected chi connectivity index (χ3v) is 3.29. The van der Waals surface area contributed by atoms with Gasteiger partial charge in [-0.05, 0) is 36.8 Å². The molecule has 0 saturated heterocycles. The van der Waals surface area contributed by atoms with Crippen LogP contribution in [0.2, 0.25) is 0 Å². The summed E-state index contributed by atoms with van der Waals surface area (Å²) in [6.07, 6.45) is 0. The monoisotopic (exact) mass is 333 g/mol. The maximum absolute atomic E-state index is 13.1. The lowest BCUT2D eigenvalue weighted by Gasteiger charge is -2.13. The molecule has 0 aliphatic rings. The molecule has 2 aromatic rings. The minimum absolute atomic E-state index is 0.0661. The number of rotatable bonds is 5. The second kappa shape index (κ2) is 7.54. The number of hydrogen-bond donors (Lipinski definition) is 3. The van der Waals surface area contributed by atoms with E-state index in [-0.39, 0.29) is 18.1 Å². The van der Waals surface area contributed by atoms with Crippen molar-refractivity contribution in [3.8, 4) is 0 Å². The summed E-state index contributed by atoms with van der Waals surface area (Å²) in [5.41, 5.74) is 2.29. The van der Waals surface area contributed by atoms with Crippen molar-refractivity contribution in [1.82, 2.24) is 0 Å². The minimum atomic E-state index is -1.03. The van der Waals surface area contributed by atoms with Crippen LogP contribution in [0.25, 0.3) is 0 Å². The van der Waals surface area contributed by atoms with Crippen LogP contribution >= 0.6 is 0 Å². The predicted octanol–water partition coefficient (Wildman–Crippen LogP) is 3.28. The first kappa shape index (κ1) is 17.4. The molecule has 0 aliphatic heterocycles. The Morgan fingerprint density at radius 3 is 2.38 bits per heavy atom. The Morgan fingerprint density at radius 1 is 1.00 bits per heavy atom. The van der Waals surface area contributed by atoms with Gasteiger partial charge in [0, 0.05) is 30.1 Å². The molecule has 2 aromatic carbocycles. The second-order valence-electron chi connectivity index (χ2n) is 5.19. The van der Waals surface area contributed by atoms with Gasteiger partial charge in [0.25, 0.3) is 0 Å². The maximum atomic E-state index is 13.1. The number of nitrogens with one attached hydrogen (secondary N) is 3. The topological polar surface area (TPSA) is 70.2 Å². The predicted molar refractivity (Wildman–Crippen MR) is 89.0 cm³/mol. The Balaban J connectivity index is 1.98. The van der Waals surface area contributed by atoms with Crippen molar-refractivity contribution in [3.05, 3.63) is 53.6 Å². The van der Waals surface area contributed by atoms with Crippen LogP contribution in [0.5, 0.6) is 0 Å². The first-order chi connectivity index (χ1) is 11.4. The van der Waals surface area contributed by atoms with Crippen LogP contribution in [-0.4, -0.2) is 18.4 Å². The fourth-order valence-corrected chi connectivity index (χ4v) is 2.11. The van der Waals surface area contributed by atoms with Crippen molar-refractivity contribution in [2.75, 3.05) is 22.5 Å². The third-order valence-electron chi connectivity index (χ3n) is 3.29. The SMILES string of the molecule is CC(=O)Nc1cccc(NCC(=O)Nc2ccc(F)c(F)c2)c1C. The summed E-state index contributed by atoms with van der Waals surface area (Å²) in [6.45, 7) is 3.15. The van der Waals surface area contributed by atoms with Gasteiger partial charge in [-0.3, -0.25) is 9.59 Å². The quantitative estimate of drug-likeness (QED) is 0.786. The Labute approximate surface area is 138 Å². The normalized spacial score (nSPS) is 10.2. The van der Waals surface area contributed by atoms with E-state index in [0.29, 0.717) is 11.4 Å². The van der Waals surface area contributed by atoms with E-state index in [9.17, 15) is 18.4 Å². The summed E-state index contributed by atoms with van der Waals surface area (Å²) in [6, 6.07) is 8.40. The molecule has 0 aromatic heterocycles. The van der Waals surface area contributed by atoms with Gasteiger partial charge < -0.3 is 16.0 Å². The molecule has 0 heterocycles. The van der Waals surface area contributed by atoms with E-state index in [4.69, 9.17) is 0 Å². The molecule has 5 nitrogen and oxygen atoms in total. The smallest absolute Gasteiger partial charge is 0.243 e. The molecule has 0 aliphatic carbocycles. The molecule has 0 atom stereocenters. The Morgan fingerprint density at radius 2 is 1.71 bits per heavy atom. The first-order valence-corrected chi connectivity index (χ1v) is 7.23. The van der Waals surface area contributed by atoms with Gasteiger partial charge in [-0.2, -0.15) is 0 Å². The lowest BCUT2D eigenvalue weighted by Crippen LogP contribution is -2.22. The zero-order valence-corrected chi connectivity index (χ0v) is 13.2. The van der Waals surface area contributed by atoms with Crippen molar-refractivity contribution in [2.24, 2.45) is 0 Å². The first-order valence-electron chi connectivity index (χ1n) is 7.23. The highest BCUT2D eigenvalue weighted by Gasteiger charge is 2.09. The summed E-state index contributed by atoms with van der Waals surface area (Å²) in [4.78, 5) is 23.0. The standard InChI is InChI=1S/C17H17F2N3O2/c1-10-15(4-3-5-16(10)21-11(2)23)20-9-17(24)22-12-6-7-13(18)14(19)8-12/h3-8,20H,9H2,1-2H3,(H,21,23)(H,22,24). The van der Waals surface area contributed by atoms with Crippen LogP contribution in [0.4, 0.5) is 25.8 Å². The summed E-state index contributed by atoms with van der Waals surface area (Å²) >= 11 is 0. The average molecular weight is 333 g/mol. The summed E-state index contributed by atoms with van der Waals surface area (Å²) in [5, 5.41) is 8.11. The van der Waals surface area contributed by atoms with E-state index in [1.165, 1.54) is 13.0 Å². The van der Waals surface area contributed by atoms with E-state index in [2.05, 4.69) is 16.0 Å². The molecule has 3 N–H and O–H groups in total. The number of carbonyl (C=O) groups is 2. The van der Waals surface area contributed by atoms with Crippen molar-refractivity contribution in [3.63, 3.8) is 0 Å². The largest absolute Gasteiger partial charge is 0.376 e. The van der Waals surface area contributed by atoms with E-state index in [1.807, 2.05) is 0 Å². The Hall–Kier alpha value is -2.96. The number of halogens is 2. The highest BCUT2D eigenvalue weighted by Crippen LogP contribution is 2.23. The zero-order valence-electron chi connectivity index (χ0n) is 13.2. The summed E-state index contributed by atoms with van der Waals surface area (Å²) in [5.74, 6) is -2.60. The molecule has 2 amide bonds. The Kier molecular flexibility index (Phi) is 5.47. The molecule has 0 saturated carbocycles. The molecular formula is C17H17F2N3O2. The Bertz CT molecular complexity index is 778. The molecular weight excluding hydrogens is 316 g/mol. The van der Waals surface area contributed by atoms with Crippen LogP contribution in [0.15, 0.2) is 36.4 Å². The molecule has 0 bridgehead atoms. The van der Waals surface area contributed by atoms with Crippen LogP contribution in [0.3, 0.4) is 0 Å². The van der Waals surface area contributed by atoms with Crippen molar-refractivity contribution >= 4 is 28.9 Å². The van der Waals surface area contributed by atoms with Gasteiger partial charge >= 0.3 is 0 Å². The molecule has 0 radical (unpaired) electrons. The number of benzene rings is 2. The van der Waals surface area contributed by atoms with Crippen molar-refractivity contribution in [2.45, 2.75) is 13.8 Å². The van der Waals surface area contributed by atoms with E-state index in [0.717, 1.165) is 17.7 Å². The van der Waals surface area contributed by atoms with Gasteiger partial charge in [-0.25, -0.2) is 8.78 Å². The molecule has 24 heavy (non-hydrogen) atoms. The van der Waals surface area contributed by atoms with Gasteiger partial charge in [0.2, 0.25) is 11.8 Å². The van der Waals surface area contributed by atoms with E-state index in [1.54, 1.807) is 25.1 Å². The van der Waals surface area contributed by atoms with Gasteiger partial charge in [0.15, 0.2) is 11.6 Å². The number of hydrogen-bond acceptors (Lipinski definition) is 3. The highest BCUT2D eigenvalue weighted by molar-refractivity contribution is 5.94. The third kappa shape index (κ3) is 4.52.